The van der Waals surface area contributed by atoms with E-state index in [1.54, 1.807) is 0 Å². The van der Waals surface area contributed by atoms with E-state index in [4.69, 9.17) is 5.73 Å². The lowest BCUT2D eigenvalue weighted by molar-refractivity contribution is 1.01. The zero-order valence-corrected chi connectivity index (χ0v) is 5.85. The Morgan fingerprint density at radius 3 is 2.56 bits per heavy atom. The van der Waals surface area contributed by atoms with Gasteiger partial charge in [-0.15, -0.1) is 0 Å². The third-order valence-electron chi connectivity index (χ3n) is 1.75. The van der Waals surface area contributed by atoms with Gasteiger partial charge >= 0.3 is 0 Å². The number of nitrogens with two attached hydrogens (primary N) is 1. The zero-order valence-electron chi connectivity index (χ0n) is 5.85. The van der Waals surface area contributed by atoms with Gasteiger partial charge < -0.3 is 5.73 Å². The lowest BCUT2D eigenvalue weighted by Crippen LogP contribution is -2.00. The summed E-state index contributed by atoms with van der Waals surface area (Å²) in [5, 5.41) is 0. The van der Waals surface area contributed by atoms with Crippen molar-refractivity contribution in [2.45, 2.75) is 19.8 Å². The smallest absolute Gasteiger partial charge is 0.0300 e. The Hall–Kier alpha value is -0.720. The third kappa shape index (κ3) is 1.35. The van der Waals surface area contributed by atoms with E-state index >= 15 is 0 Å². The fourth-order valence-corrected chi connectivity index (χ4v) is 0.853. The van der Waals surface area contributed by atoms with E-state index in [0.717, 1.165) is 11.3 Å². The van der Waals surface area contributed by atoms with Crippen molar-refractivity contribution in [3.05, 3.63) is 23.9 Å². The molecule has 1 heteroatoms. The van der Waals surface area contributed by atoms with Crippen LogP contribution in [0.25, 0.3) is 0 Å². The van der Waals surface area contributed by atoms with Crippen LogP contribution < -0.4 is 5.73 Å². The molecular formula is C8H13N. The Bertz CT molecular complexity index is 152. The van der Waals surface area contributed by atoms with E-state index in [2.05, 4.69) is 6.58 Å². The van der Waals surface area contributed by atoms with Crippen LogP contribution in [0.3, 0.4) is 0 Å². The summed E-state index contributed by atoms with van der Waals surface area (Å²) in [6.07, 6.45) is 4.49. The summed E-state index contributed by atoms with van der Waals surface area (Å²) in [7, 11) is 0. The van der Waals surface area contributed by atoms with E-state index in [9.17, 15) is 0 Å². The number of hydrogen-bond acceptors (Lipinski definition) is 1. The van der Waals surface area contributed by atoms with Gasteiger partial charge in [0, 0.05) is 5.70 Å². The van der Waals surface area contributed by atoms with Crippen molar-refractivity contribution in [1.29, 1.82) is 0 Å². The van der Waals surface area contributed by atoms with Gasteiger partial charge in [0.25, 0.3) is 0 Å². The zero-order chi connectivity index (χ0) is 6.85. The minimum absolute atomic E-state index is 0.709. The van der Waals surface area contributed by atoms with Gasteiger partial charge in [-0.25, -0.2) is 0 Å². The minimum Gasteiger partial charge on any atom is -0.399 e. The van der Waals surface area contributed by atoms with Crippen LogP contribution in [0, 0.1) is 5.92 Å². The normalized spacial score (nSPS) is 19.9. The molecule has 0 aromatic rings. The summed E-state index contributed by atoms with van der Waals surface area (Å²) in [5.41, 5.74) is 7.63. The Morgan fingerprint density at radius 1 is 1.67 bits per heavy atom. The fourth-order valence-electron chi connectivity index (χ4n) is 0.853. The number of allylic oxidation sites excluding steroid dienone is 2. The first-order chi connectivity index (χ1) is 4.25. The standard InChI is InChI=1S/C8H13N/c1-3-8(9)6(2)7-4-5-7/h3,7H,2,4-5,9H2,1H3/b8-3+. The van der Waals surface area contributed by atoms with Crippen LogP contribution in [0.5, 0.6) is 0 Å². The quantitative estimate of drug-likeness (QED) is 0.557. The fraction of sp³-hybridized carbons (Fsp3) is 0.500. The molecule has 2 N–H and O–H groups in total. The third-order valence-corrected chi connectivity index (χ3v) is 1.75. The average molecular weight is 123 g/mol. The summed E-state index contributed by atoms with van der Waals surface area (Å²) >= 11 is 0. The van der Waals surface area contributed by atoms with Crippen molar-refractivity contribution in [3.63, 3.8) is 0 Å². The van der Waals surface area contributed by atoms with Crippen LogP contribution in [0.4, 0.5) is 0 Å². The summed E-state index contributed by atoms with van der Waals surface area (Å²) in [6, 6.07) is 0. The molecule has 0 amide bonds. The van der Waals surface area contributed by atoms with Crippen molar-refractivity contribution in [2.24, 2.45) is 11.7 Å². The number of hydrogen-bond donors (Lipinski definition) is 1. The minimum atomic E-state index is 0.709. The molecule has 0 aromatic heterocycles. The molecule has 0 bridgehead atoms. The summed E-state index contributed by atoms with van der Waals surface area (Å²) in [5.74, 6) is 0.709. The molecule has 0 aliphatic heterocycles. The van der Waals surface area contributed by atoms with E-state index in [1.807, 2.05) is 13.0 Å². The first-order valence-corrected chi connectivity index (χ1v) is 3.36. The second kappa shape index (κ2) is 2.26. The second-order valence-corrected chi connectivity index (χ2v) is 2.54. The van der Waals surface area contributed by atoms with Gasteiger partial charge in [-0.3, -0.25) is 0 Å². The van der Waals surface area contributed by atoms with Gasteiger partial charge in [0.2, 0.25) is 0 Å². The first-order valence-electron chi connectivity index (χ1n) is 3.36. The molecule has 1 aliphatic carbocycles. The van der Waals surface area contributed by atoms with Crippen molar-refractivity contribution >= 4 is 0 Å². The van der Waals surface area contributed by atoms with Crippen molar-refractivity contribution in [3.8, 4) is 0 Å². The highest BCUT2D eigenvalue weighted by molar-refractivity contribution is 5.29. The molecule has 0 radical (unpaired) electrons. The Labute approximate surface area is 56.2 Å². The van der Waals surface area contributed by atoms with Crippen LogP contribution in [0.2, 0.25) is 0 Å². The summed E-state index contributed by atoms with van der Waals surface area (Å²) in [6.45, 7) is 5.84. The van der Waals surface area contributed by atoms with Crippen LogP contribution in [0.15, 0.2) is 23.9 Å². The first kappa shape index (κ1) is 6.40. The van der Waals surface area contributed by atoms with Crippen molar-refractivity contribution in [1.82, 2.24) is 0 Å². The molecule has 0 saturated heterocycles. The number of rotatable bonds is 2. The molecule has 0 heterocycles. The topological polar surface area (TPSA) is 26.0 Å². The lowest BCUT2D eigenvalue weighted by Gasteiger charge is -2.00. The van der Waals surface area contributed by atoms with Crippen LogP contribution in [-0.4, -0.2) is 0 Å². The molecule has 1 saturated carbocycles. The lowest BCUT2D eigenvalue weighted by atomic mass is 10.1. The molecule has 1 rings (SSSR count). The van der Waals surface area contributed by atoms with E-state index in [-0.39, 0.29) is 0 Å². The summed E-state index contributed by atoms with van der Waals surface area (Å²) in [4.78, 5) is 0. The molecule has 1 fully saturated rings. The molecule has 0 unspecified atom stereocenters. The SMILES string of the molecule is C=C(/C(N)=C\C)C1CC1. The predicted octanol–water partition coefficient (Wildman–Crippen LogP) is 1.82. The molecule has 0 spiro atoms. The van der Waals surface area contributed by atoms with Crippen LogP contribution >= 0.6 is 0 Å². The second-order valence-electron chi connectivity index (χ2n) is 2.54. The van der Waals surface area contributed by atoms with Crippen molar-refractivity contribution in [2.75, 3.05) is 0 Å². The maximum Gasteiger partial charge on any atom is 0.0300 e. The predicted molar refractivity (Wildman–Crippen MR) is 39.8 cm³/mol. The van der Waals surface area contributed by atoms with Gasteiger partial charge in [0.05, 0.1) is 0 Å². The molecule has 50 valence electrons. The molecule has 1 nitrogen and oxygen atoms in total. The van der Waals surface area contributed by atoms with Gasteiger partial charge in [0.1, 0.15) is 0 Å². The highest BCUT2D eigenvalue weighted by Gasteiger charge is 2.25. The maximum atomic E-state index is 5.62. The molecular weight excluding hydrogens is 110 g/mol. The highest BCUT2D eigenvalue weighted by atomic mass is 14.6. The Kier molecular flexibility index (Phi) is 1.60. The molecule has 0 aromatic carbocycles. The molecule has 0 atom stereocenters. The monoisotopic (exact) mass is 123 g/mol. The van der Waals surface area contributed by atoms with Crippen LogP contribution in [0.1, 0.15) is 19.8 Å². The average Bonchev–Trinajstić information content (AvgIpc) is 2.66. The molecule has 9 heavy (non-hydrogen) atoms. The Balaban J connectivity index is 2.50. The Morgan fingerprint density at radius 2 is 2.22 bits per heavy atom. The van der Waals surface area contributed by atoms with Gasteiger partial charge in [-0.1, -0.05) is 12.7 Å². The van der Waals surface area contributed by atoms with Gasteiger partial charge in [0.15, 0.2) is 0 Å². The van der Waals surface area contributed by atoms with Crippen molar-refractivity contribution < 1.29 is 0 Å². The largest absolute Gasteiger partial charge is 0.399 e. The van der Waals surface area contributed by atoms with E-state index < -0.39 is 0 Å². The van der Waals surface area contributed by atoms with Gasteiger partial charge in [-0.2, -0.15) is 0 Å². The highest BCUT2D eigenvalue weighted by Crippen LogP contribution is 2.37. The van der Waals surface area contributed by atoms with Crippen LogP contribution in [-0.2, 0) is 0 Å². The van der Waals surface area contributed by atoms with Gasteiger partial charge in [-0.05, 0) is 31.3 Å². The maximum absolute atomic E-state index is 5.62. The van der Waals surface area contributed by atoms with E-state index in [0.29, 0.717) is 5.92 Å². The van der Waals surface area contributed by atoms with E-state index in [1.165, 1.54) is 12.8 Å². The molecule has 1 aliphatic rings. The summed E-state index contributed by atoms with van der Waals surface area (Å²) < 4.78 is 0.